The Morgan fingerprint density at radius 3 is 2.37 bits per heavy atom. The first-order valence-corrected chi connectivity index (χ1v) is 12.7. The quantitative estimate of drug-likeness (QED) is 0.346. The standard InChI is InChI=1S/C27H42N2O6/c1-19(2)9-10-22(28-27(33)21-13-15-35-16-14-21)18-24(30)23(17-20-7-5-4-6-8-20)29-25(31)11-12-26(32)34-3/h4-8,19,21-24,30H,9-18H2,1-3H3,(H,28,33)(H,29,31)/t22?,23?,24-/m0/s1. The summed E-state index contributed by atoms with van der Waals surface area (Å²) in [4.78, 5) is 36.9. The van der Waals surface area contributed by atoms with E-state index in [0.717, 1.165) is 18.4 Å². The number of rotatable bonds is 14. The topological polar surface area (TPSA) is 114 Å². The van der Waals surface area contributed by atoms with Gasteiger partial charge in [-0.1, -0.05) is 44.2 Å². The fourth-order valence-corrected chi connectivity index (χ4v) is 4.27. The summed E-state index contributed by atoms with van der Waals surface area (Å²) in [7, 11) is 1.29. The second-order valence-corrected chi connectivity index (χ2v) is 9.81. The number of carbonyl (C=O) groups is 3. The molecule has 3 N–H and O–H groups in total. The number of aliphatic hydroxyl groups is 1. The van der Waals surface area contributed by atoms with Crippen LogP contribution in [0.15, 0.2) is 30.3 Å². The molecule has 2 unspecified atom stereocenters. The summed E-state index contributed by atoms with van der Waals surface area (Å²) in [6, 6.07) is 8.89. The first kappa shape index (κ1) is 28.8. The van der Waals surface area contributed by atoms with E-state index in [9.17, 15) is 19.5 Å². The highest BCUT2D eigenvalue weighted by molar-refractivity contribution is 5.81. The van der Waals surface area contributed by atoms with E-state index in [-0.39, 0.29) is 36.6 Å². The molecule has 8 nitrogen and oxygen atoms in total. The third-order valence-corrected chi connectivity index (χ3v) is 6.45. The summed E-state index contributed by atoms with van der Waals surface area (Å²) in [6.45, 7) is 5.45. The van der Waals surface area contributed by atoms with Crippen molar-refractivity contribution in [3.63, 3.8) is 0 Å². The van der Waals surface area contributed by atoms with Gasteiger partial charge in [-0.15, -0.1) is 0 Å². The summed E-state index contributed by atoms with van der Waals surface area (Å²) in [5, 5.41) is 17.3. The molecule has 0 saturated carbocycles. The molecule has 1 aliphatic rings. The third-order valence-electron chi connectivity index (χ3n) is 6.45. The summed E-state index contributed by atoms with van der Waals surface area (Å²) < 4.78 is 9.99. The number of hydrogen-bond donors (Lipinski definition) is 3. The molecule has 35 heavy (non-hydrogen) atoms. The predicted octanol–water partition coefficient (Wildman–Crippen LogP) is 2.77. The fourth-order valence-electron chi connectivity index (χ4n) is 4.27. The maximum absolute atomic E-state index is 12.9. The van der Waals surface area contributed by atoms with E-state index >= 15 is 0 Å². The minimum Gasteiger partial charge on any atom is -0.469 e. The average molecular weight is 491 g/mol. The first-order valence-electron chi connectivity index (χ1n) is 12.7. The molecular weight excluding hydrogens is 448 g/mol. The highest BCUT2D eigenvalue weighted by Gasteiger charge is 2.28. The molecule has 196 valence electrons. The van der Waals surface area contributed by atoms with Crippen molar-refractivity contribution in [2.45, 2.75) is 83.4 Å². The van der Waals surface area contributed by atoms with Crippen molar-refractivity contribution in [1.82, 2.24) is 10.6 Å². The molecule has 1 heterocycles. The molecule has 0 aliphatic carbocycles. The van der Waals surface area contributed by atoms with Gasteiger partial charge in [0.05, 0.1) is 25.7 Å². The van der Waals surface area contributed by atoms with E-state index in [1.165, 1.54) is 7.11 Å². The van der Waals surface area contributed by atoms with E-state index in [0.29, 0.717) is 44.8 Å². The van der Waals surface area contributed by atoms with Crippen molar-refractivity contribution in [1.29, 1.82) is 0 Å². The minimum atomic E-state index is -0.871. The van der Waals surface area contributed by atoms with Crippen LogP contribution in [0.2, 0.25) is 0 Å². The van der Waals surface area contributed by atoms with Gasteiger partial charge in [0.2, 0.25) is 11.8 Å². The summed E-state index contributed by atoms with van der Waals surface area (Å²) >= 11 is 0. The highest BCUT2D eigenvalue weighted by Crippen LogP contribution is 2.19. The van der Waals surface area contributed by atoms with Gasteiger partial charge in [-0.05, 0) is 50.0 Å². The number of amides is 2. The van der Waals surface area contributed by atoms with Crippen molar-refractivity contribution in [2.24, 2.45) is 11.8 Å². The number of aliphatic hydroxyl groups excluding tert-OH is 1. The average Bonchev–Trinajstić information content (AvgIpc) is 2.86. The van der Waals surface area contributed by atoms with Gasteiger partial charge in [0, 0.05) is 31.6 Å². The Kier molecular flexibility index (Phi) is 12.8. The van der Waals surface area contributed by atoms with Crippen LogP contribution in [0, 0.1) is 11.8 Å². The molecule has 0 bridgehead atoms. The number of benzene rings is 1. The van der Waals surface area contributed by atoms with E-state index in [4.69, 9.17) is 4.74 Å². The highest BCUT2D eigenvalue weighted by atomic mass is 16.5. The first-order chi connectivity index (χ1) is 16.8. The molecule has 3 atom stereocenters. The van der Waals surface area contributed by atoms with Crippen LogP contribution in [0.25, 0.3) is 0 Å². The zero-order chi connectivity index (χ0) is 25.6. The molecule has 1 fully saturated rings. The Balaban J connectivity index is 2.07. The van der Waals surface area contributed by atoms with Crippen LogP contribution in [0.3, 0.4) is 0 Å². The van der Waals surface area contributed by atoms with Gasteiger partial charge in [0.15, 0.2) is 0 Å². The molecule has 2 amide bonds. The number of methoxy groups -OCH3 is 1. The number of hydrogen-bond acceptors (Lipinski definition) is 6. The zero-order valence-corrected chi connectivity index (χ0v) is 21.3. The van der Waals surface area contributed by atoms with E-state index in [2.05, 4.69) is 29.2 Å². The Bertz CT molecular complexity index is 779. The molecule has 0 radical (unpaired) electrons. The minimum absolute atomic E-state index is 0.0102. The number of esters is 1. The molecular formula is C27H42N2O6. The van der Waals surface area contributed by atoms with Crippen LogP contribution in [0.5, 0.6) is 0 Å². The molecule has 0 spiro atoms. The summed E-state index contributed by atoms with van der Waals surface area (Å²) in [6.07, 6.45) is 2.95. The van der Waals surface area contributed by atoms with E-state index in [1.807, 2.05) is 30.3 Å². The normalized spacial score (nSPS) is 16.8. The molecule has 1 aromatic carbocycles. The summed E-state index contributed by atoms with van der Waals surface area (Å²) in [5.74, 6) is -0.366. The van der Waals surface area contributed by atoms with Gasteiger partial charge in [0.1, 0.15) is 0 Å². The van der Waals surface area contributed by atoms with Gasteiger partial charge >= 0.3 is 5.97 Å². The van der Waals surface area contributed by atoms with Crippen molar-refractivity contribution in [2.75, 3.05) is 20.3 Å². The zero-order valence-electron chi connectivity index (χ0n) is 21.3. The van der Waals surface area contributed by atoms with Crippen LogP contribution in [0.4, 0.5) is 0 Å². The van der Waals surface area contributed by atoms with Crippen LogP contribution in [-0.4, -0.2) is 61.4 Å². The SMILES string of the molecule is COC(=O)CCC(=O)NC(Cc1ccccc1)[C@@H](O)CC(CCC(C)C)NC(=O)C1CCOCC1. The maximum atomic E-state index is 12.9. The Hall–Kier alpha value is -2.45. The van der Waals surface area contributed by atoms with Gasteiger partial charge in [-0.3, -0.25) is 14.4 Å². The lowest BCUT2D eigenvalue weighted by Gasteiger charge is -2.30. The lowest BCUT2D eigenvalue weighted by molar-refractivity contribution is -0.142. The van der Waals surface area contributed by atoms with Crippen molar-refractivity contribution in [3.05, 3.63) is 35.9 Å². The van der Waals surface area contributed by atoms with Crippen LogP contribution in [0.1, 0.15) is 64.4 Å². The molecule has 2 rings (SSSR count). The van der Waals surface area contributed by atoms with E-state index < -0.39 is 18.1 Å². The van der Waals surface area contributed by atoms with Gasteiger partial charge in [-0.25, -0.2) is 0 Å². The lowest BCUT2D eigenvalue weighted by Crippen LogP contribution is -2.49. The summed E-state index contributed by atoms with van der Waals surface area (Å²) in [5.41, 5.74) is 0.981. The molecule has 1 aliphatic heterocycles. The fraction of sp³-hybridized carbons (Fsp3) is 0.667. The van der Waals surface area contributed by atoms with Crippen molar-refractivity contribution >= 4 is 17.8 Å². The Morgan fingerprint density at radius 1 is 1.06 bits per heavy atom. The van der Waals surface area contributed by atoms with Gasteiger partial charge < -0.3 is 25.2 Å². The van der Waals surface area contributed by atoms with Crippen molar-refractivity contribution in [3.8, 4) is 0 Å². The predicted molar refractivity (Wildman–Crippen MR) is 133 cm³/mol. The van der Waals surface area contributed by atoms with E-state index in [1.54, 1.807) is 0 Å². The van der Waals surface area contributed by atoms with Crippen LogP contribution < -0.4 is 10.6 Å². The smallest absolute Gasteiger partial charge is 0.306 e. The number of carbonyl (C=O) groups excluding carboxylic acids is 3. The van der Waals surface area contributed by atoms with Gasteiger partial charge in [-0.2, -0.15) is 0 Å². The second-order valence-electron chi connectivity index (χ2n) is 9.81. The van der Waals surface area contributed by atoms with Crippen LogP contribution >= 0.6 is 0 Å². The maximum Gasteiger partial charge on any atom is 0.306 e. The molecule has 0 aromatic heterocycles. The Labute approximate surface area is 209 Å². The second kappa shape index (κ2) is 15.5. The monoisotopic (exact) mass is 490 g/mol. The van der Waals surface area contributed by atoms with Gasteiger partial charge in [0.25, 0.3) is 0 Å². The number of nitrogens with one attached hydrogen (secondary N) is 2. The molecule has 8 heteroatoms. The lowest BCUT2D eigenvalue weighted by atomic mass is 9.92. The Morgan fingerprint density at radius 2 is 1.74 bits per heavy atom. The molecule has 1 aromatic rings. The third kappa shape index (κ3) is 11.2. The van der Waals surface area contributed by atoms with Crippen LogP contribution in [-0.2, 0) is 30.3 Å². The number of ether oxygens (including phenoxy) is 2. The largest absolute Gasteiger partial charge is 0.469 e. The molecule has 1 saturated heterocycles. The van der Waals surface area contributed by atoms with Crippen molar-refractivity contribution < 1.29 is 29.0 Å².